The molecule has 0 aromatic heterocycles. The SMILES string of the molecule is CC(=O)N1CCN(C(=O)N2CCCC[C@H]2C(=O)O)CC1. The van der Waals surface area contributed by atoms with E-state index < -0.39 is 12.0 Å². The van der Waals surface area contributed by atoms with Crippen molar-refractivity contribution in [3.63, 3.8) is 0 Å². The monoisotopic (exact) mass is 283 g/mol. The molecule has 0 saturated carbocycles. The average Bonchev–Trinajstić information content (AvgIpc) is 2.46. The lowest BCUT2D eigenvalue weighted by atomic mass is 10.0. The van der Waals surface area contributed by atoms with Crippen LogP contribution >= 0.6 is 0 Å². The number of nitrogens with zero attached hydrogens (tertiary/aromatic N) is 3. The van der Waals surface area contributed by atoms with E-state index in [0.29, 0.717) is 39.1 Å². The fourth-order valence-electron chi connectivity index (χ4n) is 2.81. The molecule has 0 radical (unpaired) electrons. The van der Waals surface area contributed by atoms with Crippen LogP contribution in [-0.2, 0) is 9.59 Å². The van der Waals surface area contributed by atoms with Crippen molar-refractivity contribution < 1.29 is 19.5 Å². The number of carboxylic acid groups (broad SMARTS) is 1. The molecular weight excluding hydrogens is 262 g/mol. The number of piperidine rings is 1. The van der Waals surface area contributed by atoms with Crippen molar-refractivity contribution in [3.8, 4) is 0 Å². The van der Waals surface area contributed by atoms with Crippen LogP contribution in [0.4, 0.5) is 4.79 Å². The highest BCUT2D eigenvalue weighted by molar-refractivity contribution is 5.83. The van der Waals surface area contributed by atoms with Crippen molar-refractivity contribution in [2.45, 2.75) is 32.2 Å². The minimum Gasteiger partial charge on any atom is -0.480 e. The Bertz CT molecular complexity index is 404. The van der Waals surface area contributed by atoms with Crippen LogP contribution in [0.5, 0.6) is 0 Å². The molecule has 2 aliphatic rings. The lowest BCUT2D eigenvalue weighted by molar-refractivity contribution is -0.143. The molecule has 2 heterocycles. The Morgan fingerprint density at radius 3 is 2.10 bits per heavy atom. The molecule has 0 aliphatic carbocycles. The molecule has 20 heavy (non-hydrogen) atoms. The van der Waals surface area contributed by atoms with E-state index in [1.54, 1.807) is 9.80 Å². The Labute approximate surface area is 118 Å². The largest absolute Gasteiger partial charge is 0.480 e. The predicted molar refractivity (Wildman–Crippen MR) is 71.2 cm³/mol. The number of hydrogen-bond acceptors (Lipinski definition) is 3. The van der Waals surface area contributed by atoms with Gasteiger partial charge in [0.2, 0.25) is 5.91 Å². The van der Waals surface area contributed by atoms with Crippen LogP contribution in [0.25, 0.3) is 0 Å². The third kappa shape index (κ3) is 3.02. The quantitative estimate of drug-likeness (QED) is 0.746. The van der Waals surface area contributed by atoms with Gasteiger partial charge >= 0.3 is 12.0 Å². The Balaban J connectivity index is 1.97. The number of piperazine rings is 1. The third-order valence-corrected chi connectivity index (χ3v) is 4.03. The Hall–Kier alpha value is -1.79. The summed E-state index contributed by atoms with van der Waals surface area (Å²) in [5.41, 5.74) is 0. The molecular formula is C13H21N3O4. The molecule has 7 heteroatoms. The Morgan fingerprint density at radius 1 is 0.950 bits per heavy atom. The van der Waals surface area contributed by atoms with Gasteiger partial charge in [0, 0.05) is 39.6 Å². The van der Waals surface area contributed by atoms with E-state index >= 15 is 0 Å². The zero-order valence-electron chi connectivity index (χ0n) is 11.7. The molecule has 2 saturated heterocycles. The van der Waals surface area contributed by atoms with E-state index in [0.717, 1.165) is 12.8 Å². The van der Waals surface area contributed by atoms with Crippen LogP contribution in [0.3, 0.4) is 0 Å². The normalized spacial score (nSPS) is 23.6. The van der Waals surface area contributed by atoms with Crippen molar-refractivity contribution >= 4 is 17.9 Å². The van der Waals surface area contributed by atoms with Gasteiger partial charge in [-0.3, -0.25) is 4.79 Å². The molecule has 1 N–H and O–H groups in total. The summed E-state index contributed by atoms with van der Waals surface area (Å²) in [6.45, 7) is 4.01. The molecule has 2 fully saturated rings. The van der Waals surface area contributed by atoms with Crippen molar-refractivity contribution in [1.29, 1.82) is 0 Å². The number of rotatable bonds is 1. The van der Waals surface area contributed by atoms with Crippen LogP contribution in [0.1, 0.15) is 26.2 Å². The van der Waals surface area contributed by atoms with Crippen LogP contribution in [0.15, 0.2) is 0 Å². The smallest absolute Gasteiger partial charge is 0.326 e. The fraction of sp³-hybridized carbons (Fsp3) is 0.769. The molecule has 0 aromatic carbocycles. The van der Waals surface area contributed by atoms with Crippen molar-refractivity contribution in [3.05, 3.63) is 0 Å². The van der Waals surface area contributed by atoms with Gasteiger partial charge in [-0.05, 0) is 19.3 Å². The maximum absolute atomic E-state index is 12.4. The molecule has 0 spiro atoms. The molecule has 7 nitrogen and oxygen atoms in total. The second kappa shape index (κ2) is 6.11. The van der Waals surface area contributed by atoms with Crippen LogP contribution in [0, 0.1) is 0 Å². The van der Waals surface area contributed by atoms with Gasteiger partial charge in [-0.15, -0.1) is 0 Å². The topological polar surface area (TPSA) is 81.2 Å². The molecule has 3 amide bonds. The van der Waals surface area contributed by atoms with Crippen LogP contribution in [-0.4, -0.2) is 76.5 Å². The fourth-order valence-corrected chi connectivity index (χ4v) is 2.81. The lowest BCUT2D eigenvalue weighted by Gasteiger charge is -2.40. The number of amides is 3. The summed E-state index contributed by atoms with van der Waals surface area (Å²) >= 11 is 0. The van der Waals surface area contributed by atoms with Gasteiger partial charge in [0.25, 0.3) is 0 Å². The first kappa shape index (κ1) is 14.6. The van der Waals surface area contributed by atoms with Gasteiger partial charge in [0.1, 0.15) is 6.04 Å². The molecule has 0 aromatic rings. The van der Waals surface area contributed by atoms with E-state index in [9.17, 15) is 19.5 Å². The number of carboxylic acids is 1. The minimum atomic E-state index is -0.930. The number of urea groups is 1. The summed E-state index contributed by atoms with van der Waals surface area (Å²) in [5.74, 6) is -0.918. The minimum absolute atomic E-state index is 0.0125. The summed E-state index contributed by atoms with van der Waals surface area (Å²) in [4.78, 5) is 39.7. The van der Waals surface area contributed by atoms with Gasteiger partial charge in [0.15, 0.2) is 0 Å². The maximum atomic E-state index is 12.4. The molecule has 0 bridgehead atoms. The zero-order valence-corrected chi connectivity index (χ0v) is 11.7. The second-order valence-corrected chi connectivity index (χ2v) is 5.32. The van der Waals surface area contributed by atoms with E-state index in [4.69, 9.17) is 0 Å². The summed E-state index contributed by atoms with van der Waals surface area (Å²) in [6.07, 6.45) is 2.22. The van der Waals surface area contributed by atoms with Crippen LogP contribution in [0.2, 0.25) is 0 Å². The van der Waals surface area contributed by atoms with Crippen molar-refractivity contribution in [1.82, 2.24) is 14.7 Å². The van der Waals surface area contributed by atoms with E-state index in [1.807, 2.05) is 0 Å². The number of hydrogen-bond donors (Lipinski definition) is 1. The Morgan fingerprint density at radius 2 is 1.55 bits per heavy atom. The van der Waals surface area contributed by atoms with Gasteiger partial charge < -0.3 is 19.8 Å². The average molecular weight is 283 g/mol. The first-order chi connectivity index (χ1) is 9.50. The molecule has 112 valence electrons. The first-order valence-corrected chi connectivity index (χ1v) is 7.04. The summed E-state index contributed by atoms with van der Waals surface area (Å²) in [7, 11) is 0. The molecule has 2 aliphatic heterocycles. The number of carbonyl (C=O) groups is 3. The molecule has 2 rings (SSSR count). The third-order valence-electron chi connectivity index (χ3n) is 4.03. The summed E-state index contributed by atoms with van der Waals surface area (Å²) in [5, 5.41) is 9.21. The van der Waals surface area contributed by atoms with Crippen LogP contribution < -0.4 is 0 Å². The van der Waals surface area contributed by atoms with E-state index in [2.05, 4.69) is 0 Å². The molecule has 1 atom stereocenters. The molecule has 0 unspecified atom stereocenters. The number of carbonyl (C=O) groups excluding carboxylic acids is 2. The highest BCUT2D eigenvalue weighted by Gasteiger charge is 2.35. The van der Waals surface area contributed by atoms with E-state index in [-0.39, 0.29) is 11.9 Å². The standard InChI is InChI=1S/C13H21N3O4/c1-10(17)14-6-8-15(9-7-14)13(20)16-5-3-2-4-11(16)12(18)19/h11H,2-9H2,1H3,(H,18,19)/t11-/m0/s1. The van der Waals surface area contributed by atoms with Gasteiger partial charge in [-0.1, -0.05) is 0 Å². The van der Waals surface area contributed by atoms with Crippen molar-refractivity contribution in [2.75, 3.05) is 32.7 Å². The summed E-state index contributed by atoms with van der Waals surface area (Å²) in [6, 6.07) is -0.914. The number of likely N-dealkylation sites (tertiary alicyclic amines) is 1. The number of aliphatic carboxylic acids is 1. The summed E-state index contributed by atoms with van der Waals surface area (Å²) < 4.78 is 0. The lowest BCUT2D eigenvalue weighted by Crippen LogP contribution is -2.57. The van der Waals surface area contributed by atoms with Gasteiger partial charge in [-0.25, -0.2) is 9.59 Å². The highest BCUT2D eigenvalue weighted by Crippen LogP contribution is 2.19. The van der Waals surface area contributed by atoms with E-state index in [1.165, 1.54) is 11.8 Å². The second-order valence-electron chi connectivity index (χ2n) is 5.32. The van der Waals surface area contributed by atoms with Gasteiger partial charge in [-0.2, -0.15) is 0 Å². The van der Waals surface area contributed by atoms with Gasteiger partial charge in [0.05, 0.1) is 0 Å². The maximum Gasteiger partial charge on any atom is 0.326 e. The zero-order chi connectivity index (χ0) is 14.7. The predicted octanol–water partition coefficient (Wildman–Crippen LogP) is 0.210. The first-order valence-electron chi connectivity index (χ1n) is 7.04. The Kier molecular flexibility index (Phi) is 4.46. The highest BCUT2D eigenvalue weighted by atomic mass is 16.4. The van der Waals surface area contributed by atoms with Crippen molar-refractivity contribution in [2.24, 2.45) is 0 Å².